The third-order valence-electron chi connectivity index (χ3n) is 2.56. The minimum atomic E-state index is -0.311. The van der Waals surface area contributed by atoms with E-state index in [0.717, 1.165) is 16.6 Å². The van der Waals surface area contributed by atoms with E-state index in [1.54, 1.807) is 6.07 Å². The van der Waals surface area contributed by atoms with Gasteiger partial charge in [0.15, 0.2) is 5.58 Å². The fourth-order valence-corrected chi connectivity index (χ4v) is 1.89. The van der Waals surface area contributed by atoms with Gasteiger partial charge >= 0.3 is 0 Å². The number of furan rings is 1. The van der Waals surface area contributed by atoms with Gasteiger partial charge in [0.2, 0.25) is 0 Å². The van der Waals surface area contributed by atoms with E-state index in [1.165, 1.54) is 12.1 Å². The van der Waals surface area contributed by atoms with Crippen LogP contribution >= 0.6 is 0 Å². The number of aryl methyl sites for hydroxylation is 2. The van der Waals surface area contributed by atoms with Crippen LogP contribution in [-0.4, -0.2) is 9.97 Å². The van der Waals surface area contributed by atoms with Crippen molar-refractivity contribution in [1.29, 1.82) is 0 Å². The Bertz CT molecular complexity index is 703. The Morgan fingerprint density at radius 3 is 2.81 bits per heavy atom. The fourth-order valence-electron chi connectivity index (χ4n) is 1.89. The van der Waals surface area contributed by atoms with Crippen LogP contribution in [0.15, 0.2) is 22.6 Å². The first-order valence-corrected chi connectivity index (χ1v) is 4.98. The molecular formula is C12H9FN2O. The van der Waals surface area contributed by atoms with Crippen molar-refractivity contribution in [3.63, 3.8) is 0 Å². The molecule has 0 saturated heterocycles. The lowest BCUT2D eigenvalue weighted by atomic mass is 10.2. The van der Waals surface area contributed by atoms with Gasteiger partial charge in [-0.1, -0.05) is 0 Å². The highest BCUT2D eigenvalue weighted by atomic mass is 19.1. The predicted molar refractivity (Wildman–Crippen MR) is 58.7 cm³/mol. The molecule has 16 heavy (non-hydrogen) atoms. The smallest absolute Gasteiger partial charge is 0.175 e. The second kappa shape index (κ2) is 3.01. The molecule has 0 atom stereocenters. The summed E-state index contributed by atoms with van der Waals surface area (Å²) < 4.78 is 18.6. The van der Waals surface area contributed by atoms with E-state index in [0.29, 0.717) is 17.0 Å². The van der Waals surface area contributed by atoms with E-state index in [9.17, 15) is 4.39 Å². The minimum Gasteiger partial charge on any atom is -0.452 e. The Kier molecular flexibility index (Phi) is 1.74. The summed E-state index contributed by atoms with van der Waals surface area (Å²) in [5, 5.41) is 0.824. The van der Waals surface area contributed by atoms with Crippen LogP contribution in [0.25, 0.3) is 22.1 Å². The van der Waals surface area contributed by atoms with Gasteiger partial charge in [-0.3, -0.25) is 0 Å². The summed E-state index contributed by atoms with van der Waals surface area (Å²) >= 11 is 0. The van der Waals surface area contributed by atoms with Crippen molar-refractivity contribution in [1.82, 2.24) is 9.97 Å². The molecule has 0 radical (unpaired) electrons. The summed E-state index contributed by atoms with van der Waals surface area (Å²) in [6, 6.07) is 4.46. The van der Waals surface area contributed by atoms with Gasteiger partial charge in [-0.2, -0.15) is 0 Å². The van der Waals surface area contributed by atoms with Crippen molar-refractivity contribution < 1.29 is 8.81 Å². The molecule has 0 bridgehead atoms. The molecule has 0 spiro atoms. The van der Waals surface area contributed by atoms with Gasteiger partial charge in [0.05, 0.1) is 5.69 Å². The second-order valence-electron chi connectivity index (χ2n) is 3.78. The van der Waals surface area contributed by atoms with Crippen molar-refractivity contribution in [2.24, 2.45) is 0 Å². The quantitative estimate of drug-likeness (QED) is 0.579. The SMILES string of the molecule is Cc1nc(C)c2oc3cc(F)ccc3c2n1. The molecule has 0 aliphatic carbocycles. The highest BCUT2D eigenvalue weighted by Crippen LogP contribution is 2.28. The van der Waals surface area contributed by atoms with Gasteiger partial charge in [0, 0.05) is 11.5 Å². The Morgan fingerprint density at radius 1 is 1.19 bits per heavy atom. The van der Waals surface area contributed by atoms with Gasteiger partial charge in [-0.25, -0.2) is 14.4 Å². The maximum atomic E-state index is 13.0. The van der Waals surface area contributed by atoms with Gasteiger partial charge < -0.3 is 4.42 Å². The monoisotopic (exact) mass is 216 g/mol. The second-order valence-corrected chi connectivity index (χ2v) is 3.78. The first kappa shape index (κ1) is 9.27. The molecule has 0 aliphatic heterocycles. The van der Waals surface area contributed by atoms with Crippen molar-refractivity contribution >= 4 is 22.1 Å². The molecule has 0 amide bonds. The Hall–Kier alpha value is -1.97. The van der Waals surface area contributed by atoms with Crippen molar-refractivity contribution in [2.75, 3.05) is 0 Å². The highest BCUT2D eigenvalue weighted by Gasteiger charge is 2.12. The lowest BCUT2D eigenvalue weighted by Gasteiger charge is -1.95. The number of hydrogen-bond acceptors (Lipinski definition) is 3. The molecule has 0 fully saturated rings. The van der Waals surface area contributed by atoms with Crippen LogP contribution in [0.3, 0.4) is 0 Å². The number of rotatable bonds is 0. The van der Waals surface area contributed by atoms with Gasteiger partial charge in [-0.15, -0.1) is 0 Å². The Labute approximate surface area is 90.9 Å². The number of hydrogen-bond donors (Lipinski definition) is 0. The zero-order valence-corrected chi connectivity index (χ0v) is 8.91. The van der Waals surface area contributed by atoms with E-state index in [1.807, 2.05) is 13.8 Å². The average molecular weight is 216 g/mol. The van der Waals surface area contributed by atoms with Crippen LogP contribution in [0.5, 0.6) is 0 Å². The largest absolute Gasteiger partial charge is 0.452 e. The number of nitrogens with zero attached hydrogens (tertiary/aromatic N) is 2. The van der Waals surface area contributed by atoms with Crippen molar-refractivity contribution in [2.45, 2.75) is 13.8 Å². The zero-order chi connectivity index (χ0) is 11.3. The maximum absolute atomic E-state index is 13.0. The molecule has 1 aromatic carbocycles. The maximum Gasteiger partial charge on any atom is 0.175 e. The molecule has 3 aromatic rings. The van der Waals surface area contributed by atoms with E-state index < -0.39 is 0 Å². The lowest BCUT2D eigenvalue weighted by molar-refractivity contribution is 0.617. The number of halogens is 1. The minimum absolute atomic E-state index is 0.311. The van der Waals surface area contributed by atoms with Crippen LogP contribution in [-0.2, 0) is 0 Å². The molecule has 0 saturated carbocycles. The summed E-state index contributed by atoms with van der Waals surface area (Å²) in [6.07, 6.45) is 0. The van der Waals surface area contributed by atoms with Gasteiger partial charge in [-0.05, 0) is 26.0 Å². The predicted octanol–water partition coefficient (Wildman–Crippen LogP) is 3.13. The van der Waals surface area contributed by atoms with Crippen LogP contribution in [0, 0.1) is 19.7 Å². The van der Waals surface area contributed by atoms with E-state index in [4.69, 9.17) is 4.42 Å². The zero-order valence-electron chi connectivity index (χ0n) is 8.91. The van der Waals surface area contributed by atoms with Crippen LogP contribution < -0.4 is 0 Å². The first-order valence-electron chi connectivity index (χ1n) is 4.98. The molecular weight excluding hydrogens is 207 g/mol. The molecule has 3 nitrogen and oxygen atoms in total. The van der Waals surface area contributed by atoms with Crippen molar-refractivity contribution in [3.8, 4) is 0 Å². The van der Waals surface area contributed by atoms with Gasteiger partial charge in [0.25, 0.3) is 0 Å². The van der Waals surface area contributed by atoms with E-state index in [-0.39, 0.29) is 5.82 Å². The van der Waals surface area contributed by atoms with Crippen LogP contribution in [0.2, 0.25) is 0 Å². The fraction of sp³-hybridized carbons (Fsp3) is 0.167. The molecule has 2 heterocycles. The molecule has 3 rings (SSSR count). The normalized spacial score (nSPS) is 11.4. The molecule has 2 aromatic heterocycles. The summed E-state index contributed by atoms with van der Waals surface area (Å²) in [7, 11) is 0. The number of fused-ring (bicyclic) bond motifs is 3. The van der Waals surface area contributed by atoms with Crippen LogP contribution in [0.1, 0.15) is 11.5 Å². The van der Waals surface area contributed by atoms with E-state index in [2.05, 4.69) is 9.97 Å². The third-order valence-corrected chi connectivity index (χ3v) is 2.56. The topological polar surface area (TPSA) is 38.9 Å². The third kappa shape index (κ3) is 1.19. The number of benzene rings is 1. The molecule has 4 heteroatoms. The molecule has 0 N–H and O–H groups in total. The molecule has 0 unspecified atom stereocenters. The Morgan fingerprint density at radius 2 is 2.00 bits per heavy atom. The summed E-state index contributed by atoms with van der Waals surface area (Å²) in [5.41, 5.74) is 2.67. The van der Waals surface area contributed by atoms with Crippen LogP contribution in [0.4, 0.5) is 4.39 Å². The highest BCUT2D eigenvalue weighted by molar-refractivity contribution is 6.02. The Balaban J connectivity index is 2.55. The summed E-state index contributed by atoms with van der Waals surface area (Å²) in [4.78, 5) is 8.55. The van der Waals surface area contributed by atoms with Crippen molar-refractivity contribution in [3.05, 3.63) is 35.5 Å². The first-order chi connectivity index (χ1) is 7.65. The molecule has 0 aliphatic rings. The summed E-state index contributed by atoms with van der Waals surface area (Å²) in [5.74, 6) is 0.380. The molecule has 80 valence electrons. The van der Waals surface area contributed by atoms with Gasteiger partial charge in [0.1, 0.15) is 22.7 Å². The van der Waals surface area contributed by atoms with E-state index >= 15 is 0 Å². The lowest BCUT2D eigenvalue weighted by Crippen LogP contribution is -1.90. The standard InChI is InChI=1S/C12H9FN2O/c1-6-12-11(15-7(2)14-6)9-4-3-8(13)5-10(9)16-12/h3-5H,1-2H3. The summed E-state index contributed by atoms with van der Waals surface area (Å²) in [6.45, 7) is 3.69. The average Bonchev–Trinajstić information content (AvgIpc) is 2.56. The number of aromatic nitrogens is 2.